The Morgan fingerprint density at radius 1 is 0.947 bits per heavy atom. The topological polar surface area (TPSA) is 106 Å². The van der Waals surface area contributed by atoms with Crippen LogP contribution in [0.25, 0.3) is 21.3 Å². The molecule has 0 saturated carbocycles. The smallest absolute Gasteiger partial charge is 0.148 e. The number of fused-ring (bicyclic) bond motifs is 1. The third-order valence-electron chi connectivity index (χ3n) is 5.77. The van der Waals surface area contributed by atoms with Gasteiger partial charge in [0.2, 0.25) is 0 Å². The van der Waals surface area contributed by atoms with Gasteiger partial charge in [-0.2, -0.15) is 0 Å². The van der Waals surface area contributed by atoms with Gasteiger partial charge in [0.1, 0.15) is 39.3 Å². The Morgan fingerprint density at radius 3 is 2.55 bits per heavy atom. The Balaban J connectivity index is 1.23. The minimum Gasteiger partial charge on any atom is -0.489 e. The van der Waals surface area contributed by atoms with Crippen molar-refractivity contribution >= 4 is 43.6 Å². The maximum atomic E-state index is 11.3. The minimum atomic E-state index is -2.98. The molecule has 0 aliphatic heterocycles. The number of thiazole rings is 1. The number of sulfone groups is 1. The number of anilines is 2. The quantitative estimate of drug-likeness (QED) is 0.218. The van der Waals surface area contributed by atoms with E-state index in [-0.39, 0.29) is 5.75 Å². The van der Waals surface area contributed by atoms with Gasteiger partial charge in [-0.25, -0.2) is 23.4 Å². The second kappa shape index (κ2) is 11.7. The van der Waals surface area contributed by atoms with Crippen molar-refractivity contribution in [3.8, 4) is 16.2 Å². The fourth-order valence-electron chi connectivity index (χ4n) is 3.80. The molecular weight excluding hydrogens is 518 g/mol. The summed E-state index contributed by atoms with van der Waals surface area (Å²) in [6.07, 6.45) is 4.62. The van der Waals surface area contributed by atoms with E-state index in [1.165, 1.54) is 6.26 Å². The van der Waals surface area contributed by atoms with Gasteiger partial charge in [0.25, 0.3) is 0 Å². The van der Waals surface area contributed by atoms with Crippen molar-refractivity contribution in [3.05, 3.63) is 95.9 Å². The summed E-state index contributed by atoms with van der Waals surface area (Å²) in [6, 6.07) is 23.9. The highest BCUT2D eigenvalue weighted by Crippen LogP contribution is 2.31. The molecule has 0 fully saturated rings. The molecule has 0 radical (unpaired) electrons. The van der Waals surface area contributed by atoms with Gasteiger partial charge in [-0.15, -0.1) is 11.3 Å². The normalized spacial score (nSPS) is 11.5. The fourth-order valence-corrected chi connectivity index (χ4v) is 5.20. The molecule has 3 aromatic carbocycles. The molecule has 38 heavy (non-hydrogen) atoms. The Bertz CT molecular complexity index is 1620. The van der Waals surface area contributed by atoms with E-state index < -0.39 is 9.84 Å². The van der Waals surface area contributed by atoms with Gasteiger partial charge < -0.3 is 15.4 Å². The number of hydrogen-bond acceptors (Lipinski definition) is 9. The monoisotopic (exact) mass is 545 g/mol. The number of hydrogen-bond donors (Lipinski definition) is 2. The van der Waals surface area contributed by atoms with E-state index in [1.807, 2.05) is 79.0 Å². The Morgan fingerprint density at radius 2 is 1.76 bits per heavy atom. The van der Waals surface area contributed by atoms with Crippen molar-refractivity contribution < 1.29 is 13.2 Å². The van der Waals surface area contributed by atoms with E-state index in [4.69, 9.17) is 4.74 Å². The molecule has 194 valence electrons. The first kappa shape index (κ1) is 25.8. The van der Waals surface area contributed by atoms with Crippen molar-refractivity contribution in [3.63, 3.8) is 0 Å². The largest absolute Gasteiger partial charge is 0.489 e. The Hall–Kier alpha value is -3.86. The van der Waals surface area contributed by atoms with E-state index in [9.17, 15) is 8.42 Å². The molecule has 10 heteroatoms. The predicted octanol–water partition coefficient (Wildman–Crippen LogP) is 5.21. The summed E-state index contributed by atoms with van der Waals surface area (Å²) >= 11 is 1.57. The summed E-state index contributed by atoms with van der Waals surface area (Å²) in [4.78, 5) is 14.4. The molecule has 0 atom stereocenters. The number of aromatic nitrogens is 3. The van der Waals surface area contributed by atoms with Crippen LogP contribution < -0.4 is 15.4 Å². The van der Waals surface area contributed by atoms with Crippen molar-refractivity contribution in [2.24, 2.45) is 0 Å². The van der Waals surface area contributed by atoms with Crippen molar-refractivity contribution in [1.29, 1.82) is 0 Å². The van der Waals surface area contributed by atoms with Crippen LogP contribution in [0.2, 0.25) is 0 Å². The summed E-state index contributed by atoms with van der Waals surface area (Å²) in [5.41, 5.74) is 3.86. The molecule has 5 aromatic rings. The summed E-state index contributed by atoms with van der Waals surface area (Å²) in [6.45, 7) is 1.45. The molecule has 5 rings (SSSR count). The lowest BCUT2D eigenvalue weighted by Gasteiger charge is -2.10. The van der Waals surface area contributed by atoms with Crippen LogP contribution in [0, 0.1) is 0 Å². The molecule has 2 N–H and O–H groups in total. The molecule has 8 nitrogen and oxygen atoms in total. The lowest BCUT2D eigenvalue weighted by molar-refractivity contribution is 0.306. The molecule has 0 saturated heterocycles. The van der Waals surface area contributed by atoms with E-state index in [0.29, 0.717) is 19.7 Å². The highest BCUT2D eigenvalue weighted by molar-refractivity contribution is 7.90. The van der Waals surface area contributed by atoms with Gasteiger partial charge in [-0.3, -0.25) is 0 Å². The molecular formula is C28H27N5O3S2. The standard InChI is InChI=1S/C28H27N5O3S2/c1-38(34,35)14-13-29-17-27-30-16-26(37-27)21-7-12-24-25(15-21)31-19-32-28(24)33-22-8-10-23(11-9-22)36-18-20-5-3-2-4-6-20/h2-12,15-16,19,29H,13-14,17-18H2,1H3,(H,31,32,33). The number of nitrogens with one attached hydrogen (secondary N) is 2. The van der Waals surface area contributed by atoms with Crippen molar-refractivity contribution in [2.45, 2.75) is 13.2 Å². The van der Waals surface area contributed by atoms with Crippen LogP contribution in [0.4, 0.5) is 11.5 Å². The van der Waals surface area contributed by atoms with Crippen LogP contribution in [-0.2, 0) is 23.0 Å². The molecule has 2 aromatic heterocycles. The van der Waals surface area contributed by atoms with Gasteiger partial charge in [0.05, 0.1) is 16.1 Å². The van der Waals surface area contributed by atoms with E-state index in [1.54, 1.807) is 17.7 Å². The zero-order chi connectivity index (χ0) is 26.4. The second-order valence-corrected chi connectivity index (χ2v) is 12.2. The maximum Gasteiger partial charge on any atom is 0.148 e. The van der Waals surface area contributed by atoms with Crippen molar-refractivity contribution in [2.75, 3.05) is 23.9 Å². The molecule has 0 spiro atoms. The second-order valence-electron chi connectivity index (χ2n) is 8.80. The first-order valence-corrected chi connectivity index (χ1v) is 14.9. The molecule has 2 heterocycles. The van der Waals surface area contributed by atoms with Gasteiger partial charge in [-0.1, -0.05) is 36.4 Å². The van der Waals surface area contributed by atoms with Gasteiger partial charge in [-0.05, 0) is 47.5 Å². The fraction of sp³-hybridized carbons (Fsp3) is 0.179. The molecule has 0 amide bonds. The van der Waals surface area contributed by atoms with Crippen LogP contribution in [0.3, 0.4) is 0 Å². The Labute approximate surface area is 225 Å². The summed E-state index contributed by atoms with van der Waals surface area (Å²) in [5.74, 6) is 1.63. The van der Waals surface area contributed by atoms with E-state index in [0.717, 1.165) is 49.2 Å². The SMILES string of the molecule is CS(=O)(=O)CCNCc1ncc(-c2ccc3c(Nc4ccc(OCc5ccccc5)cc4)ncnc3c2)s1. The predicted molar refractivity (Wildman–Crippen MR) is 153 cm³/mol. The number of rotatable bonds is 11. The third kappa shape index (κ3) is 6.91. The van der Waals surface area contributed by atoms with Crippen molar-refractivity contribution in [1.82, 2.24) is 20.3 Å². The first-order chi connectivity index (χ1) is 18.4. The summed E-state index contributed by atoms with van der Waals surface area (Å²) < 4.78 is 28.4. The summed E-state index contributed by atoms with van der Waals surface area (Å²) in [5, 5.41) is 8.32. The average Bonchev–Trinajstić information content (AvgIpc) is 3.40. The Kier molecular flexibility index (Phi) is 7.92. The number of ether oxygens (including phenoxy) is 1. The highest BCUT2D eigenvalue weighted by atomic mass is 32.2. The van der Waals surface area contributed by atoms with Gasteiger partial charge in [0.15, 0.2) is 0 Å². The molecule has 0 bridgehead atoms. The lowest BCUT2D eigenvalue weighted by atomic mass is 10.1. The maximum absolute atomic E-state index is 11.3. The van der Waals surface area contributed by atoms with Gasteiger partial charge in [0, 0.05) is 36.6 Å². The van der Waals surface area contributed by atoms with Crippen LogP contribution in [0.1, 0.15) is 10.6 Å². The lowest BCUT2D eigenvalue weighted by Crippen LogP contribution is -2.21. The first-order valence-electron chi connectivity index (χ1n) is 12.0. The molecule has 0 unspecified atom stereocenters. The van der Waals surface area contributed by atoms with Crippen LogP contribution in [-0.4, -0.2) is 41.9 Å². The zero-order valence-corrected chi connectivity index (χ0v) is 22.4. The number of benzene rings is 3. The minimum absolute atomic E-state index is 0.109. The zero-order valence-electron chi connectivity index (χ0n) is 20.8. The van der Waals surface area contributed by atoms with Gasteiger partial charge >= 0.3 is 0 Å². The van der Waals surface area contributed by atoms with Crippen LogP contribution >= 0.6 is 11.3 Å². The highest BCUT2D eigenvalue weighted by Gasteiger charge is 2.10. The average molecular weight is 546 g/mol. The number of nitrogens with zero attached hydrogens (tertiary/aromatic N) is 3. The van der Waals surface area contributed by atoms with E-state index in [2.05, 4.69) is 25.6 Å². The van der Waals surface area contributed by atoms with Crippen LogP contribution in [0.5, 0.6) is 5.75 Å². The molecule has 0 aliphatic rings. The molecule has 0 aliphatic carbocycles. The third-order valence-corrected chi connectivity index (χ3v) is 7.76. The van der Waals surface area contributed by atoms with Crippen LogP contribution in [0.15, 0.2) is 85.3 Å². The van der Waals surface area contributed by atoms with E-state index >= 15 is 0 Å². The summed E-state index contributed by atoms with van der Waals surface area (Å²) in [7, 11) is -2.98.